The Morgan fingerprint density at radius 1 is 1.22 bits per heavy atom. The van der Waals surface area contributed by atoms with Gasteiger partial charge in [0.1, 0.15) is 15.7 Å². The molecule has 9 heteroatoms. The highest BCUT2D eigenvalue weighted by Gasteiger charge is 2.23. The van der Waals surface area contributed by atoms with Crippen LogP contribution in [-0.2, 0) is 14.6 Å². The molecule has 0 aliphatic carbocycles. The summed E-state index contributed by atoms with van der Waals surface area (Å²) in [4.78, 5) is 16.8. The number of thiocarbonyl (C=S) groups is 1. The van der Waals surface area contributed by atoms with Crippen molar-refractivity contribution in [3.63, 3.8) is 0 Å². The number of amides is 1. The Kier molecular flexibility index (Phi) is 4.37. The van der Waals surface area contributed by atoms with Gasteiger partial charge in [0, 0.05) is 35.7 Å². The van der Waals surface area contributed by atoms with Crippen LogP contribution in [-0.4, -0.2) is 29.9 Å². The third kappa shape index (κ3) is 3.53. The van der Waals surface area contributed by atoms with Gasteiger partial charge in [-0.2, -0.15) is 0 Å². The molecule has 0 unspecified atom stereocenters. The average molecular weight is 417 g/mol. The third-order valence-corrected chi connectivity index (χ3v) is 6.24. The number of carbonyl (C=O) groups excluding carboxylic acids is 1. The topological polar surface area (TPSA) is 89.3 Å². The van der Waals surface area contributed by atoms with Crippen LogP contribution in [0.15, 0.2) is 56.9 Å². The SMILES string of the molecule is CS(=O)(=O)c1ccc(-c2cncc3cc(/C=C4/SC(=S)NC4=O)oc23)cc1. The van der Waals surface area contributed by atoms with Crippen LogP contribution >= 0.6 is 24.0 Å². The first kappa shape index (κ1) is 17.9. The lowest BCUT2D eigenvalue weighted by molar-refractivity contribution is -0.115. The van der Waals surface area contributed by atoms with Gasteiger partial charge >= 0.3 is 0 Å². The molecular weight excluding hydrogens is 404 g/mol. The smallest absolute Gasteiger partial charge is 0.263 e. The fourth-order valence-corrected chi connectivity index (χ4v) is 4.35. The number of aromatic nitrogens is 1. The summed E-state index contributed by atoms with van der Waals surface area (Å²) < 4.78 is 29.6. The second-order valence-corrected chi connectivity index (χ2v) is 9.64. The molecule has 6 nitrogen and oxygen atoms in total. The van der Waals surface area contributed by atoms with Crippen LogP contribution in [0, 0.1) is 0 Å². The van der Waals surface area contributed by atoms with Crippen molar-refractivity contribution in [2.24, 2.45) is 0 Å². The fraction of sp³-hybridized carbons (Fsp3) is 0.0556. The molecule has 3 heterocycles. The number of hydrogen-bond donors (Lipinski definition) is 1. The van der Waals surface area contributed by atoms with Crippen LogP contribution in [0.5, 0.6) is 0 Å². The number of furan rings is 1. The minimum atomic E-state index is -3.26. The maximum Gasteiger partial charge on any atom is 0.263 e. The Bertz CT molecular complexity index is 1230. The zero-order valence-electron chi connectivity index (χ0n) is 13.9. The molecule has 0 spiro atoms. The van der Waals surface area contributed by atoms with Crippen LogP contribution in [0.1, 0.15) is 5.76 Å². The summed E-state index contributed by atoms with van der Waals surface area (Å²) in [5, 5.41) is 3.34. The maximum absolute atomic E-state index is 11.8. The van der Waals surface area contributed by atoms with E-state index in [0.29, 0.717) is 20.6 Å². The highest BCUT2D eigenvalue weighted by atomic mass is 32.2. The van der Waals surface area contributed by atoms with Gasteiger partial charge in [-0.15, -0.1) is 0 Å². The number of thioether (sulfide) groups is 1. The van der Waals surface area contributed by atoms with Crippen LogP contribution in [0.25, 0.3) is 28.2 Å². The maximum atomic E-state index is 11.8. The van der Waals surface area contributed by atoms with Crippen molar-refractivity contribution in [3.05, 3.63) is 53.4 Å². The lowest BCUT2D eigenvalue weighted by atomic mass is 10.1. The lowest BCUT2D eigenvalue weighted by Crippen LogP contribution is -2.17. The van der Waals surface area contributed by atoms with E-state index in [1.165, 1.54) is 18.0 Å². The summed E-state index contributed by atoms with van der Waals surface area (Å²) in [5.74, 6) is 0.259. The minimum absolute atomic E-state index is 0.247. The quantitative estimate of drug-likeness (QED) is 0.517. The molecule has 0 bridgehead atoms. The Labute approximate surface area is 164 Å². The number of fused-ring (bicyclic) bond motifs is 1. The second-order valence-electron chi connectivity index (χ2n) is 5.90. The predicted molar refractivity (Wildman–Crippen MR) is 109 cm³/mol. The molecule has 1 aliphatic rings. The van der Waals surface area contributed by atoms with Crippen molar-refractivity contribution in [1.29, 1.82) is 0 Å². The molecule has 1 amide bonds. The second kappa shape index (κ2) is 6.59. The van der Waals surface area contributed by atoms with Gasteiger partial charge in [0.05, 0.1) is 9.80 Å². The van der Waals surface area contributed by atoms with Gasteiger partial charge in [0.2, 0.25) is 0 Å². The van der Waals surface area contributed by atoms with Crippen LogP contribution in [0.4, 0.5) is 0 Å². The van der Waals surface area contributed by atoms with E-state index in [1.807, 2.05) is 0 Å². The van der Waals surface area contributed by atoms with Crippen molar-refractivity contribution in [2.45, 2.75) is 4.90 Å². The van der Waals surface area contributed by atoms with E-state index in [-0.39, 0.29) is 10.8 Å². The number of benzene rings is 1. The molecular formula is C18H12N2O4S3. The number of nitrogens with one attached hydrogen (secondary N) is 1. The predicted octanol–water partition coefficient (Wildman–Crippen LogP) is 3.39. The van der Waals surface area contributed by atoms with E-state index in [2.05, 4.69) is 10.3 Å². The summed E-state index contributed by atoms with van der Waals surface area (Å²) in [6, 6.07) is 8.32. The molecule has 1 saturated heterocycles. The zero-order valence-corrected chi connectivity index (χ0v) is 16.4. The Morgan fingerprint density at radius 2 is 1.96 bits per heavy atom. The molecule has 1 aromatic carbocycles. The lowest BCUT2D eigenvalue weighted by Gasteiger charge is -2.03. The summed E-state index contributed by atoms with van der Waals surface area (Å²) >= 11 is 6.16. The monoisotopic (exact) mass is 416 g/mol. The average Bonchev–Trinajstić information content (AvgIpc) is 3.16. The van der Waals surface area contributed by atoms with Gasteiger partial charge in [0.15, 0.2) is 9.84 Å². The molecule has 0 saturated carbocycles. The Balaban J connectivity index is 1.77. The van der Waals surface area contributed by atoms with E-state index in [4.69, 9.17) is 16.6 Å². The van der Waals surface area contributed by atoms with E-state index in [0.717, 1.165) is 16.5 Å². The van der Waals surface area contributed by atoms with Gasteiger partial charge < -0.3 is 9.73 Å². The molecule has 1 fully saturated rings. The van der Waals surface area contributed by atoms with Gasteiger partial charge in [-0.05, 0) is 23.8 Å². The van der Waals surface area contributed by atoms with E-state index < -0.39 is 9.84 Å². The molecule has 3 aromatic rings. The number of pyridine rings is 1. The molecule has 4 rings (SSSR count). The van der Waals surface area contributed by atoms with Crippen LogP contribution < -0.4 is 5.32 Å². The molecule has 0 radical (unpaired) electrons. The van der Waals surface area contributed by atoms with Crippen molar-refractivity contribution >= 4 is 61.1 Å². The van der Waals surface area contributed by atoms with Gasteiger partial charge in [-0.3, -0.25) is 9.78 Å². The van der Waals surface area contributed by atoms with Crippen LogP contribution in [0.2, 0.25) is 0 Å². The summed E-state index contributed by atoms with van der Waals surface area (Å²) in [6.45, 7) is 0. The summed E-state index contributed by atoms with van der Waals surface area (Å²) in [6.07, 6.45) is 6.13. The minimum Gasteiger partial charge on any atom is -0.456 e. The number of nitrogens with zero attached hydrogens (tertiary/aromatic N) is 1. The van der Waals surface area contributed by atoms with E-state index in [1.54, 1.807) is 48.8 Å². The van der Waals surface area contributed by atoms with Gasteiger partial charge in [0.25, 0.3) is 5.91 Å². The van der Waals surface area contributed by atoms with Crippen molar-refractivity contribution in [3.8, 4) is 11.1 Å². The third-order valence-electron chi connectivity index (χ3n) is 3.95. The normalized spacial score (nSPS) is 16.3. The first-order valence-corrected chi connectivity index (χ1v) is 10.9. The summed E-state index contributed by atoms with van der Waals surface area (Å²) in [5.41, 5.74) is 2.12. The first-order chi connectivity index (χ1) is 12.8. The highest BCUT2D eigenvalue weighted by molar-refractivity contribution is 8.26. The summed E-state index contributed by atoms with van der Waals surface area (Å²) in [7, 11) is -3.26. The Hall–Kier alpha value is -2.49. The molecule has 136 valence electrons. The zero-order chi connectivity index (χ0) is 19.2. The molecule has 1 N–H and O–H groups in total. The largest absolute Gasteiger partial charge is 0.456 e. The van der Waals surface area contributed by atoms with Gasteiger partial charge in [-0.1, -0.05) is 36.1 Å². The van der Waals surface area contributed by atoms with E-state index in [9.17, 15) is 13.2 Å². The van der Waals surface area contributed by atoms with Gasteiger partial charge in [-0.25, -0.2) is 8.42 Å². The number of sulfone groups is 1. The molecule has 0 atom stereocenters. The van der Waals surface area contributed by atoms with Crippen molar-refractivity contribution in [1.82, 2.24) is 10.3 Å². The fourth-order valence-electron chi connectivity index (χ4n) is 2.69. The highest BCUT2D eigenvalue weighted by Crippen LogP contribution is 2.33. The number of carbonyl (C=O) groups is 1. The Morgan fingerprint density at radius 3 is 2.59 bits per heavy atom. The molecule has 2 aromatic heterocycles. The number of rotatable bonds is 3. The molecule has 1 aliphatic heterocycles. The first-order valence-electron chi connectivity index (χ1n) is 7.74. The van der Waals surface area contributed by atoms with Crippen LogP contribution in [0.3, 0.4) is 0 Å². The van der Waals surface area contributed by atoms with Crippen molar-refractivity contribution < 1.29 is 17.6 Å². The number of hydrogen-bond acceptors (Lipinski definition) is 7. The van der Waals surface area contributed by atoms with E-state index >= 15 is 0 Å². The van der Waals surface area contributed by atoms with Crippen molar-refractivity contribution in [2.75, 3.05) is 6.26 Å². The molecule has 27 heavy (non-hydrogen) atoms. The standard InChI is InChI=1S/C18H12N2O4S3/c1-27(22,23)13-4-2-10(3-5-13)14-9-19-8-11-6-12(24-16(11)14)7-15-17(21)20-18(25)26-15/h2-9H,1H3,(H,20,21,25)/b15-7+.